The third kappa shape index (κ3) is 5.17. The summed E-state index contributed by atoms with van der Waals surface area (Å²) in [5.74, 6) is -14.4. The standard InChI is InChI=1S/C27H20F5NO5/c1-3-33(4-2)15-7-5-14(6-8-15)11-19-26(35)17-10-9-16(12-18(17)38-19)37-20(34)13-36-27-24(31)22(29)21(28)23(30)25(27)32/h5-12H,3-4,13H2,1-2H3/b19-11-. The predicted octanol–water partition coefficient (Wildman–Crippen LogP) is 5.83. The normalized spacial score (nSPS) is 13.3. The van der Waals surface area contributed by atoms with Gasteiger partial charge in [0, 0.05) is 24.8 Å². The van der Waals surface area contributed by atoms with Crippen LogP contribution in [-0.2, 0) is 4.79 Å². The van der Waals surface area contributed by atoms with Crippen LogP contribution in [0.25, 0.3) is 6.08 Å². The molecular formula is C27H20F5NO5. The lowest BCUT2D eigenvalue weighted by Gasteiger charge is -2.20. The van der Waals surface area contributed by atoms with Crippen LogP contribution < -0.4 is 19.1 Å². The smallest absolute Gasteiger partial charge is 0.349 e. The number of esters is 1. The molecule has 0 aliphatic carbocycles. The van der Waals surface area contributed by atoms with Crippen molar-refractivity contribution in [3.8, 4) is 17.2 Å². The summed E-state index contributed by atoms with van der Waals surface area (Å²) in [6.07, 6.45) is 1.57. The van der Waals surface area contributed by atoms with Crippen molar-refractivity contribution in [2.75, 3.05) is 24.6 Å². The fraction of sp³-hybridized carbons (Fsp3) is 0.185. The Labute approximate surface area is 213 Å². The van der Waals surface area contributed by atoms with Crippen molar-refractivity contribution in [3.63, 3.8) is 0 Å². The third-order valence-corrected chi connectivity index (χ3v) is 5.70. The first kappa shape index (κ1) is 26.6. The van der Waals surface area contributed by atoms with Crippen molar-refractivity contribution < 1.29 is 45.8 Å². The van der Waals surface area contributed by atoms with Gasteiger partial charge in [-0.1, -0.05) is 12.1 Å². The van der Waals surface area contributed by atoms with Crippen LogP contribution in [-0.4, -0.2) is 31.4 Å². The Morgan fingerprint density at radius 1 is 0.895 bits per heavy atom. The van der Waals surface area contributed by atoms with E-state index in [-0.39, 0.29) is 28.6 Å². The Balaban J connectivity index is 1.43. The lowest BCUT2D eigenvalue weighted by Crippen LogP contribution is -2.21. The van der Waals surface area contributed by atoms with Crippen LogP contribution in [0.3, 0.4) is 0 Å². The molecule has 3 aromatic rings. The van der Waals surface area contributed by atoms with Crippen LogP contribution in [0, 0.1) is 29.1 Å². The summed E-state index contributed by atoms with van der Waals surface area (Å²) in [6, 6.07) is 11.4. The van der Waals surface area contributed by atoms with E-state index in [0.29, 0.717) is 0 Å². The molecule has 0 fully saturated rings. The fourth-order valence-electron chi connectivity index (χ4n) is 3.76. The molecule has 4 rings (SSSR count). The zero-order chi connectivity index (χ0) is 27.6. The first-order valence-corrected chi connectivity index (χ1v) is 11.4. The van der Waals surface area contributed by atoms with Gasteiger partial charge in [-0.25, -0.2) is 18.0 Å². The molecule has 1 heterocycles. The molecule has 0 unspecified atom stereocenters. The zero-order valence-corrected chi connectivity index (χ0v) is 20.1. The highest BCUT2D eigenvalue weighted by molar-refractivity contribution is 6.14. The van der Waals surface area contributed by atoms with Gasteiger partial charge in [-0.2, -0.15) is 8.78 Å². The molecule has 0 N–H and O–H groups in total. The largest absolute Gasteiger partial charge is 0.476 e. The lowest BCUT2D eigenvalue weighted by molar-refractivity contribution is -0.136. The molecule has 0 radical (unpaired) electrons. The number of benzene rings is 3. The first-order valence-electron chi connectivity index (χ1n) is 11.4. The quantitative estimate of drug-likeness (QED) is 0.0907. The SMILES string of the molecule is CCN(CC)c1ccc(/C=C2\Oc3cc(OC(=O)COc4c(F)c(F)c(F)c(F)c4F)ccc3C2=O)cc1. The Bertz CT molecular complexity index is 1410. The van der Waals surface area contributed by atoms with Gasteiger partial charge in [0.1, 0.15) is 11.5 Å². The van der Waals surface area contributed by atoms with Crippen LogP contribution in [0.1, 0.15) is 29.8 Å². The van der Waals surface area contributed by atoms with Gasteiger partial charge < -0.3 is 19.1 Å². The third-order valence-electron chi connectivity index (χ3n) is 5.70. The van der Waals surface area contributed by atoms with E-state index in [9.17, 15) is 31.5 Å². The van der Waals surface area contributed by atoms with Crippen molar-refractivity contribution in [1.82, 2.24) is 0 Å². The fourth-order valence-corrected chi connectivity index (χ4v) is 3.76. The molecule has 1 aliphatic rings. The molecule has 1 aliphatic heterocycles. The van der Waals surface area contributed by atoms with Gasteiger partial charge in [0.2, 0.25) is 34.9 Å². The molecule has 11 heteroatoms. The summed E-state index contributed by atoms with van der Waals surface area (Å²) in [5.41, 5.74) is 1.98. The Kier molecular flexibility index (Phi) is 7.65. The molecule has 0 amide bonds. The number of hydrogen-bond acceptors (Lipinski definition) is 6. The van der Waals surface area contributed by atoms with Gasteiger partial charge in [0.15, 0.2) is 18.1 Å². The highest BCUT2D eigenvalue weighted by Crippen LogP contribution is 2.35. The molecule has 3 aromatic carbocycles. The Morgan fingerprint density at radius 3 is 2.11 bits per heavy atom. The summed E-state index contributed by atoms with van der Waals surface area (Å²) in [5, 5.41) is 0. The number of allylic oxidation sites excluding steroid dienone is 1. The van der Waals surface area contributed by atoms with Gasteiger partial charge in [-0.05, 0) is 49.8 Å². The highest BCUT2D eigenvalue weighted by atomic mass is 19.2. The number of nitrogens with zero attached hydrogens (tertiary/aromatic N) is 1. The van der Waals surface area contributed by atoms with Crippen molar-refractivity contribution in [1.29, 1.82) is 0 Å². The van der Waals surface area contributed by atoms with Gasteiger partial charge in [-0.3, -0.25) is 4.79 Å². The highest BCUT2D eigenvalue weighted by Gasteiger charge is 2.29. The van der Waals surface area contributed by atoms with Crippen LogP contribution in [0.2, 0.25) is 0 Å². The number of hydrogen-bond donors (Lipinski definition) is 0. The number of halogens is 5. The molecule has 38 heavy (non-hydrogen) atoms. The summed E-state index contributed by atoms with van der Waals surface area (Å²) in [4.78, 5) is 26.9. The molecule has 0 spiro atoms. The van der Waals surface area contributed by atoms with Crippen molar-refractivity contribution in [3.05, 3.63) is 88.4 Å². The maximum absolute atomic E-state index is 13.7. The van der Waals surface area contributed by atoms with Crippen LogP contribution in [0.4, 0.5) is 27.6 Å². The summed E-state index contributed by atoms with van der Waals surface area (Å²) >= 11 is 0. The first-order chi connectivity index (χ1) is 18.1. The number of carbonyl (C=O) groups is 2. The van der Waals surface area contributed by atoms with E-state index < -0.39 is 47.4 Å². The molecule has 0 saturated heterocycles. The molecule has 6 nitrogen and oxygen atoms in total. The average Bonchev–Trinajstić information content (AvgIpc) is 3.22. The summed E-state index contributed by atoms with van der Waals surface area (Å²) in [7, 11) is 0. The van der Waals surface area contributed by atoms with E-state index in [1.807, 2.05) is 38.1 Å². The number of ketones is 1. The second kappa shape index (κ2) is 10.9. The second-order valence-corrected chi connectivity index (χ2v) is 8.02. The summed E-state index contributed by atoms with van der Waals surface area (Å²) < 4.78 is 82.2. The topological polar surface area (TPSA) is 65.1 Å². The molecular weight excluding hydrogens is 513 g/mol. The molecule has 0 atom stereocenters. The van der Waals surface area contributed by atoms with Crippen molar-refractivity contribution in [2.45, 2.75) is 13.8 Å². The van der Waals surface area contributed by atoms with Gasteiger partial charge >= 0.3 is 5.97 Å². The number of rotatable bonds is 8. The van der Waals surface area contributed by atoms with Crippen LogP contribution in [0.5, 0.6) is 17.2 Å². The number of anilines is 1. The van der Waals surface area contributed by atoms with Crippen molar-refractivity contribution >= 4 is 23.5 Å². The minimum absolute atomic E-state index is 0.0497. The number of carbonyl (C=O) groups excluding carboxylic acids is 2. The molecule has 0 aromatic heterocycles. The maximum atomic E-state index is 13.7. The minimum atomic E-state index is -2.35. The van der Waals surface area contributed by atoms with E-state index in [0.717, 1.165) is 24.3 Å². The van der Waals surface area contributed by atoms with Gasteiger partial charge in [0.25, 0.3) is 0 Å². The van der Waals surface area contributed by atoms with Crippen LogP contribution >= 0.6 is 0 Å². The predicted molar refractivity (Wildman–Crippen MR) is 127 cm³/mol. The number of ether oxygens (including phenoxy) is 3. The van der Waals surface area contributed by atoms with E-state index in [4.69, 9.17) is 9.47 Å². The van der Waals surface area contributed by atoms with E-state index in [2.05, 4.69) is 9.64 Å². The minimum Gasteiger partial charge on any atom is -0.476 e. The Morgan fingerprint density at radius 2 is 1.50 bits per heavy atom. The number of Topliss-reactive ketones (excluding diaryl/α,β-unsaturated/α-hetero) is 1. The maximum Gasteiger partial charge on any atom is 0.349 e. The van der Waals surface area contributed by atoms with Crippen LogP contribution in [0.15, 0.2) is 48.2 Å². The van der Waals surface area contributed by atoms with E-state index in [1.54, 1.807) is 6.08 Å². The zero-order valence-electron chi connectivity index (χ0n) is 20.1. The second-order valence-electron chi connectivity index (χ2n) is 8.02. The summed E-state index contributed by atoms with van der Waals surface area (Å²) in [6.45, 7) is 4.64. The van der Waals surface area contributed by atoms with Crippen molar-refractivity contribution in [2.24, 2.45) is 0 Å². The van der Waals surface area contributed by atoms with Gasteiger partial charge in [-0.15, -0.1) is 0 Å². The van der Waals surface area contributed by atoms with E-state index in [1.165, 1.54) is 18.2 Å². The van der Waals surface area contributed by atoms with Gasteiger partial charge in [0.05, 0.1) is 5.56 Å². The monoisotopic (exact) mass is 533 g/mol. The molecule has 0 saturated carbocycles. The van der Waals surface area contributed by atoms with E-state index >= 15 is 0 Å². The molecule has 0 bridgehead atoms. The lowest BCUT2D eigenvalue weighted by atomic mass is 10.1. The Hall–Kier alpha value is -4.41. The molecule has 198 valence electrons. The average molecular weight is 533 g/mol. The number of fused-ring (bicyclic) bond motifs is 1.